The number of ether oxygens (including phenoxy) is 1. The molecule has 0 spiro atoms. The summed E-state index contributed by atoms with van der Waals surface area (Å²) in [7, 11) is 0. The molecule has 2 aromatic rings. The van der Waals surface area contributed by atoms with Crippen LogP contribution >= 0.6 is 0 Å². The lowest BCUT2D eigenvalue weighted by atomic mass is 10.2. The van der Waals surface area contributed by atoms with Crippen molar-refractivity contribution in [3.8, 4) is 0 Å². The van der Waals surface area contributed by atoms with Crippen LogP contribution in [-0.4, -0.2) is 78.8 Å². The highest BCUT2D eigenvalue weighted by Gasteiger charge is 2.33. The number of hydroxylamine groups is 2. The normalized spacial score (nSPS) is 20.1. The second-order valence-corrected chi connectivity index (χ2v) is 8.19. The minimum Gasteiger partial charge on any atom is -0.442 e. The van der Waals surface area contributed by atoms with Crippen molar-refractivity contribution < 1.29 is 28.7 Å². The number of carbonyl (C=O) groups is 2. The fourth-order valence-corrected chi connectivity index (χ4v) is 3.99. The van der Waals surface area contributed by atoms with Crippen LogP contribution in [0.5, 0.6) is 0 Å². The standard InChI is InChI=1S/C23H28FN5O5/c1-16(30)26-14-19-15-28(23(32)34-19)18-2-3-21(20(24)13-18)27-8-9-29(33-11-10-27)22(31)12-17-4-6-25-7-5-17/h2-7,13,19,22,31H,8-12,14-15H2,1H3,(H,26,30). The first-order valence-electron chi connectivity index (χ1n) is 11.1. The van der Waals surface area contributed by atoms with Crippen LogP contribution in [0.4, 0.5) is 20.6 Å². The van der Waals surface area contributed by atoms with Crippen molar-refractivity contribution in [3.05, 3.63) is 54.1 Å². The van der Waals surface area contributed by atoms with Gasteiger partial charge in [-0.15, -0.1) is 0 Å². The molecule has 0 saturated carbocycles. The third kappa shape index (κ3) is 5.79. The molecule has 2 aliphatic heterocycles. The molecule has 2 atom stereocenters. The summed E-state index contributed by atoms with van der Waals surface area (Å²) in [5.41, 5.74) is 1.71. The van der Waals surface area contributed by atoms with Crippen LogP contribution in [0.2, 0.25) is 0 Å². The first kappa shape index (κ1) is 23.9. The first-order chi connectivity index (χ1) is 16.4. The third-order valence-corrected chi connectivity index (χ3v) is 5.75. The Balaban J connectivity index is 1.36. The Morgan fingerprint density at radius 1 is 1.26 bits per heavy atom. The summed E-state index contributed by atoms with van der Waals surface area (Å²) >= 11 is 0. The molecule has 11 heteroatoms. The fraction of sp³-hybridized carbons (Fsp3) is 0.435. The molecule has 0 aliphatic carbocycles. The minimum absolute atomic E-state index is 0.204. The number of cyclic esters (lactones) is 1. The Hall–Kier alpha value is -3.28. The van der Waals surface area contributed by atoms with E-state index in [1.54, 1.807) is 24.5 Å². The van der Waals surface area contributed by atoms with Gasteiger partial charge in [-0.25, -0.2) is 9.18 Å². The number of aromatic nitrogens is 1. The van der Waals surface area contributed by atoms with Gasteiger partial charge in [-0.05, 0) is 35.9 Å². The SMILES string of the molecule is CC(=O)NCC1CN(c2ccc(N3CCON(C(O)Cc4ccncc4)CC3)c(F)c2)C(=O)O1. The fourth-order valence-electron chi connectivity index (χ4n) is 3.99. The summed E-state index contributed by atoms with van der Waals surface area (Å²) in [4.78, 5) is 36.2. The number of amides is 2. The number of anilines is 2. The lowest BCUT2D eigenvalue weighted by Crippen LogP contribution is -2.39. The van der Waals surface area contributed by atoms with Crippen LogP contribution in [0.25, 0.3) is 0 Å². The van der Waals surface area contributed by atoms with E-state index in [9.17, 15) is 14.7 Å². The number of hydrogen-bond acceptors (Lipinski definition) is 8. The van der Waals surface area contributed by atoms with Gasteiger partial charge in [-0.3, -0.25) is 19.5 Å². The van der Waals surface area contributed by atoms with E-state index in [0.717, 1.165) is 5.56 Å². The Morgan fingerprint density at radius 2 is 2.06 bits per heavy atom. The van der Waals surface area contributed by atoms with Gasteiger partial charge in [0, 0.05) is 45.4 Å². The lowest BCUT2D eigenvalue weighted by Gasteiger charge is -2.26. The number of rotatable bonds is 7. The van der Waals surface area contributed by atoms with Crippen molar-refractivity contribution in [1.82, 2.24) is 15.4 Å². The molecule has 4 rings (SSSR count). The van der Waals surface area contributed by atoms with Crippen molar-refractivity contribution in [3.63, 3.8) is 0 Å². The Bertz CT molecular complexity index is 1010. The highest BCUT2D eigenvalue weighted by molar-refractivity contribution is 5.90. The summed E-state index contributed by atoms with van der Waals surface area (Å²) in [5.74, 6) is -0.684. The van der Waals surface area contributed by atoms with Crippen LogP contribution in [0, 0.1) is 5.82 Å². The van der Waals surface area contributed by atoms with Gasteiger partial charge in [0.05, 0.1) is 31.1 Å². The van der Waals surface area contributed by atoms with E-state index in [4.69, 9.17) is 9.57 Å². The van der Waals surface area contributed by atoms with E-state index in [1.165, 1.54) is 23.0 Å². The maximum Gasteiger partial charge on any atom is 0.414 e. The highest BCUT2D eigenvalue weighted by atomic mass is 19.1. The molecule has 2 fully saturated rings. The average molecular weight is 474 g/mol. The lowest BCUT2D eigenvalue weighted by molar-refractivity contribution is -0.229. The second-order valence-electron chi connectivity index (χ2n) is 8.19. The summed E-state index contributed by atoms with van der Waals surface area (Å²) in [5, 5.41) is 14.7. The number of halogens is 1. The molecule has 1 aromatic carbocycles. The number of aliphatic hydroxyl groups excluding tert-OH is 1. The maximum absolute atomic E-state index is 15.1. The van der Waals surface area contributed by atoms with Crippen molar-refractivity contribution >= 4 is 23.4 Å². The highest BCUT2D eigenvalue weighted by Crippen LogP contribution is 2.28. The van der Waals surface area contributed by atoms with Crippen LogP contribution in [0.1, 0.15) is 12.5 Å². The molecule has 10 nitrogen and oxygen atoms in total. The smallest absolute Gasteiger partial charge is 0.414 e. The largest absolute Gasteiger partial charge is 0.442 e. The molecule has 2 unspecified atom stereocenters. The van der Waals surface area contributed by atoms with Crippen molar-refractivity contribution in [2.75, 3.05) is 49.1 Å². The van der Waals surface area contributed by atoms with Gasteiger partial charge in [0.15, 0.2) is 0 Å². The van der Waals surface area contributed by atoms with E-state index in [-0.39, 0.29) is 25.6 Å². The van der Waals surface area contributed by atoms with Gasteiger partial charge in [0.25, 0.3) is 0 Å². The number of nitrogens with zero attached hydrogens (tertiary/aromatic N) is 4. The number of benzene rings is 1. The zero-order valence-corrected chi connectivity index (χ0v) is 18.9. The molecule has 3 heterocycles. The quantitative estimate of drug-likeness (QED) is 0.620. The topological polar surface area (TPSA) is 107 Å². The van der Waals surface area contributed by atoms with E-state index < -0.39 is 24.2 Å². The predicted molar refractivity (Wildman–Crippen MR) is 122 cm³/mol. The van der Waals surface area contributed by atoms with Crippen molar-refractivity contribution in [2.24, 2.45) is 0 Å². The molecule has 182 valence electrons. The van der Waals surface area contributed by atoms with Gasteiger partial charge in [0.1, 0.15) is 18.1 Å². The average Bonchev–Trinajstić information content (AvgIpc) is 3.02. The van der Waals surface area contributed by atoms with E-state index in [2.05, 4.69) is 10.3 Å². The van der Waals surface area contributed by atoms with E-state index in [0.29, 0.717) is 37.4 Å². The molecule has 0 radical (unpaired) electrons. The third-order valence-electron chi connectivity index (χ3n) is 5.75. The molecular weight excluding hydrogens is 445 g/mol. The maximum atomic E-state index is 15.1. The van der Waals surface area contributed by atoms with Gasteiger partial charge in [-0.1, -0.05) is 0 Å². The zero-order chi connectivity index (χ0) is 24.1. The van der Waals surface area contributed by atoms with Crippen LogP contribution in [0.3, 0.4) is 0 Å². The monoisotopic (exact) mass is 473 g/mol. The Kier molecular flexibility index (Phi) is 7.56. The predicted octanol–water partition coefficient (Wildman–Crippen LogP) is 1.30. The van der Waals surface area contributed by atoms with Crippen molar-refractivity contribution in [2.45, 2.75) is 25.7 Å². The van der Waals surface area contributed by atoms with Crippen molar-refractivity contribution in [1.29, 1.82) is 0 Å². The van der Waals surface area contributed by atoms with E-state index in [1.807, 2.05) is 17.0 Å². The van der Waals surface area contributed by atoms with Gasteiger partial charge in [-0.2, -0.15) is 5.06 Å². The number of aliphatic hydroxyl groups is 1. The minimum atomic E-state index is -0.832. The Morgan fingerprint density at radius 3 is 2.79 bits per heavy atom. The van der Waals surface area contributed by atoms with Gasteiger partial charge >= 0.3 is 6.09 Å². The molecule has 0 bridgehead atoms. The van der Waals surface area contributed by atoms with Gasteiger partial charge in [0.2, 0.25) is 5.91 Å². The molecule has 2 saturated heterocycles. The molecule has 2 N–H and O–H groups in total. The molecule has 2 amide bonds. The Labute approximate surface area is 196 Å². The molecular formula is C23H28FN5O5. The number of carbonyl (C=O) groups excluding carboxylic acids is 2. The van der Waals surface area contributed by atoms with Gasteiger partial charge < -0.3 is 20.1 Å². The van der Waals surface area contributed by atoms with Crippen LogP contribution in [-0.2, 0) is 20.8 Å². The first-order valence-corrected chi connectivity index (χ1v) is 11.1. The molecule has 1 aromatic heterocycles. The summed E-state index contributed by atoms with van der Waals surface area (Å²) in [6, 6.07) is 8.27. The molecule has 2 aliphatic rings. The summed E-state index contributed by atoms with van der Waals surface area (Å²) in [6.45, 7) is 3.38. The molecule has 34 heavy (non-hydrogen) atoms. The number of nitrogens with one attached hydrogen (secondary N) is 1. The second kappa shape index (κ2) is 10.8. The van der Waals surface area contributed by atoms with Crippen LogP contribution in [0.15, 0.2) is 42.7 Å². The zero-order valence-electron chi connectivity index (χ0n) is 18.9. The van der Waals surface area contributed by atoms with E-state index >= 15 is 4.39 Å². The number of hydrogen-bond donors (Lipinski definition) is 2. The number of pyridine rings is 1. The van der Waals surface area contributed by atoms with Crippen LogP contribution < -0.4 is 15.1 Å². The summed E-state index contributed by atoms with van der Waals surface area (Å²) < 4.78 is 20.3. The summed E-state index contributed by atoms with van der Waals surface area (Å²) in [6.07, 6.45) is 1.83.